The standard InChI is InChI=1S/C15H12IN3O/c1-20-13-9-5-8-12(10-13)19-15(16)14(17-18-19)11-6-3-2-4-7-11/h2-10H,1H3. The van der Waals surface area contributed by atoms with Crippen molar-refractivity contribution in [1.82, 2.24) is 15.0 Å². The van der Waals surface area contributed by atoms with E-state index < -0.39 is 0 Å². The van der Waals surface area contributed by atoms with Crippen molar-refractivity contribution in [1.29, 1.82) is 0 Å². The molecule has 0 spiro atoms. The number of hydrogen-bond donors (Lipinski definition) is 0. The summed E-state index contributed by atoms with van der Waals surface area (Å²) >= 11 is 2.26. The van der Waals surface area contributed by atoms with Gasteiger partial charge in [-0.05, 0) is 34.7 Å². The fourth-order valence-corrected chi connectivity index (χ4v) is 2.74. The van der Waals surface area contributed by atoms with Gasteiger partial charge in [0.15, 0.2) is 0 Å². The molecule has 3 rings (SSSR count). The number of halogens is 1. The molecule has 0 radical (unpaired) electrons. The number of methoxy groups -OCH3 is 1. The second-order valence-corrected chi connectivity index (χ2v) is 5.23. The lowest BCUT2D eigenvalue weighted by Gasteiger charge is -2.05. The molecule has 0 amide bonds. The molecule has 0 bridgehead atoms. The van der Waals surface area contributed by atoms with Crippen LogP contribution in [0, 0.1) is 3.70 Å². The summed E-state index contributed by atoms with van der Waals surface area (Å²) < 4.78 is 8.03. The molecule has 0 aliphatic carbocycles. The van der Waals surface area contributed by atoms with Gasteiger partial charge in [-0.1, -0.05) is 41.6 Å². The smallest absolute Gasteiger partial charge is 0.133 e. The molecule has 1 heterocycles. The average molecular weight is 377 g/mol. The first-order chi connectivity index (χ1) is 9.79. The van der Waals surface area contributed by atoms with Gasteiger partial charge in [-0.15, -0.1) is 5.10 Å². The van der Waals surface area contributed by atoms with Crippen molar-refractivity contribution in [2.24, 2.45) is 0 Å². The predicted molar refractivity (Wildman–Crippen MR) is 86.1 cm³/mol. The van der Waals surface area contributed by atoms with Gasteiger partial charge in [0.1, 0.15) is 15.1 Å². The molecule has 0 aliphatic rings. The summed E-state index contributed by atoms with van der Waals surface area (Å²) in [5.74, 6) is 0.801. The Balaban J connectivity index is 2.06. The zero-order valence-corrected chi connectivity index (χ0v) is 13.0. The van der Waals surface area contributed by atoms with E-state index in [1.165, 1.54) is 0 Å². The maximum absolute atomic E-state index is 5.24. The Morgan fingerprint density at radius 3 is 2.60 bits per heavy atom. The molecule has 0 unspecified atom stereocenters. The summed E-state index contributed by atoms with van der Waals surface area (Å²) in [5.41, 5.74) is 2.88. The van der Waals surface area contributed by atoms with E-state index in [9.17, 15) is 0 Å². The van der Waals surface area contributed by atoms with Gasteiger partial charge in [-0.2, -0.15) is 0 Å². The van der Waals surface area contributed by atoms with Crippen LogP contribution < -0.4 is 4.74 Å². The number of hydrogen-bond acceptors (Lipinski definition) is 3. The highest BCUT2D eigenvalue weighted by Gasteiger charge is 2.13. The van der Waals surface area contributed by atoms with Gasteiger partial charge in [-0.3, -0.25) is 0 Å². The number of ether oxygens (including phenoxy) is 1. The van der Waals surface area contributed by atoms with E-state index >= 15 is 0 Å². The average Bonchev–Trinajstić information content (AvgIpc) is 2.90. The van der Waals surface area contributed by atoms with Crippen LogP contribution in [0.1, 0.15) is 0 Å². The van der Waals surface area contributed by atoms with Crippen LogP contribution in [-0.2, 0) is 0 Å². The van der Waals surface area contributed by atoms with Crippen LogP contribution in [0.2, 0.25) is 0 Å². The van der Waals surface area contributed by atoms with Crippen molar-refractivity contribution >= 4 is 22.6 Å². The monoisotopic (exact) mass is 377 g/mol. The number of nitrogens with zero attached hydrogens (tertiary/aromatic N) is 3. The van der Waals surface area contributed by atoms with Crippen molar-refractivity contribution < 1.29 is 4.74 Å². The third-order valence-corrected chi connectivity index (χ3v) is 3.93. The zero-order chi connectivity index (χ0) is 13.9. The van der Waals surface area contributed by atoms with Crippen molar-refractivity contribution in [3.63, 3.8) is 0 Å². The second-order valence-electron chi connectivity index (χ2n) is 4.21. The molecule has 0 saturated heterocycles. The normalized spacial score (nSPS) is 10.5. The Hall–Kier alpha value is -1.89. The summed E-state index contributed by atoms with van der Waals surface area (Å²) in [5, 5.41) is 8.52. The Labute approximate surface area is 130 Å². The summed E-state index contributed by atoms with van der Waals surface area (Å²) in [6.07, 6.45) is 0. The zero-order valence-electron chi connectivity index (χ0n) is 10.8. The number of rotatable bonds is 3. The maximum Gasteiger partial charge on any atom is 0.133 e. The molecule has 1 aromatic heterocycles. The van der Waals surface area contributed by atoms with Crippen molar-refractivity contribution in [2.45, 2.75) is 0 Å². The Kier molecular flexibility index (Phi) is 3.68. The molecule has 4 nitrogen and oxygen atoms in total. The summed E-state index contributed by atoms with van der Waals surface area (Å²) in [7, 11) is 1.65. The fourth-order valence-electron chi connectivity index (χ4n) is 1.95. The fraction of sp³-hybridized carbons (Fsp3) is 0.0667. The van der Waals surface area contributed by atoms with Crippen LogP contribution in [0.25, 0.3) is 16.9 Å². The number of aromatic nitrogens is 3. The first-order valence-corrected chi connectivity index (χ1v) is 7.18. The molecule has 20 heavy (non-hydrogen) atoms. The van der Waals surface area contributed by atoms with Gasteiger partial charge in [0.05, 0.1) is 12.8 Å². The molecule has 0 N–H and O–H groups in total. The lowest BCUT2D eigenvalue weighted by Crippen LogP contribution is -1.99. The lowest BCUT2D eigenvalue weighted by atomic mass is 10.2. The minimum Gasteiger partial charge on any atom is -0.497 e. The second kappa shape index (κ2) is 5.62. The van der Waals surface area contributed by atoms with Gasteiger partial charge in [0.2, 0.25) is 0 Å². The third-order valence-electron chi connectivity index (χ3n) is 2.96. The minimum absolute atomic E-state index is 0.801. The Bertz CT molecular complexity index is 725. The van der Waals surface area contributed by atoms with Crippen LogP contribution in [0.5, 0.6) is 5.75 Å². The van der Waals surface area contributed by atoms with E-state index in [2.05, 4.69) is 32.9 Å². The lowest BCUT2D eigenvalue weighted by molar-refractivity contribution is 0.414. The van der Waals surface area contributed by atoms with Crippen LogP contribution in [0.4, 0.5) is 0 Å². The van der Waals surface area contributed by atoms with E-state index in [-0.39, 0.29) is 0 Å². The largest absolute Gasteiger partial charge is 0.497 e. The van der Waals surface area contributed by atoms with Crippen LogP contribution in [0.15, 0.2) is 54.6 Å². The SMILES string of the molecule is COc1cccc(-n2nnc(-c3ccccc3)c2I)c1. The van der Waals surface area contributed by atoms with E-state index in [1.54, 1.807) is 7.11 Å². The van der Waals surface area contributed by atoms with E-state index in [1.807, 2.05) is 59.3 Å². The summed E-state index contributed by atoms with van der Waals surface area (Å²) in [4.78, 5) is 0. The molecule has 0 saturated carbocycles. The molecular formula is C15H12IN3O. The van der Waals surface area contributed by atoms with E-state index in [4.69, 9.17) is 4.74 Å². The Morgan fingerprint density at radius 1 is 1.05 bits per heavy atom. The van der Waals surface area contributed by atoms with E-state index in [0.29, 0.717) is 0 Å². The molecule has 2 aromatic carbocycles. The van der Waals surface area contributed by atoms with Gasteiger partial charge < -0.3 is 4.74 Å². The first kappa shape index (κ1) is 13.1. The van der Waals surface area contributed by atoms with Crippen LogP contribution in [-0.4, -0.2) is 22.1 Å². The van der Waals surface area contributed by atoms with Crippen LogP contribution in [0.3, 0.4) is 0 Å². The molecule has 0 aliphatic heterocycles. The first-order valence-electron chi connectivity index (χ1n) is 6.10. The highest BCUT2D eigenvalue weighted by atomic mass is 127. The van der Waals surface area contributed by atoms with Crippen molar-refractivity contribution in [3.8, 4) is 22.7 Å². The molecule has 3 aromatic rings. The van der Waals surface area contributed by atoms with E-state index in [0.717, 1.165) is 26.4 Å². The maximum atomic E-state index is 5.24. The van der Waals surface area contributed by atoms with Crippen LogP contribution >= 0.6 is 22.6 Å². The van der Waals surface area contributed by atoms with Gasteiger partial charge >= 0.3 is 0 Å². The quantitative estimate of drug-likeness (QED) is 0.656. The topological polar surface area (TPSA) is 39.9 Å². The Morgan fingerprint density at radius 2 is 1.85 bits per heavy atom. The predicted octanol–water partition coefficient (Wildman–Crippen LogP) is 3.55. The number of benzene rings is 2. The van der Waals surface area contributed by atoms with Gasteiger partial charge in [0, 0.05) is 11.6 Å². The molecule has 0 fully saturated rings. The summed E-state index contributed by atoms with van der Waals surface area (Å²) in [6, 6.07) is 17.8. The molecule has 5 heteroatoms. The molecule has 0 atom stereocenters. The van der Waals surface area contributed by atoms with Crippen molar-refractivity contribution in [3.05, 3.63) is 58.3 Å². The minimum atomic E-state index is 0.801. The third kappa shape index (κ3) is 2.40. The highest BCUT2D eigenvalue weighted by Crippen LogP contribution is 2.25. The molecular weight excluding hydrogens is 365 g/mol. The summed E-state index contributed by atoms with van der Waals surface area (Å²) in [6.45, 7) is 0. The van der Waals surface area contributed by atoms with Gasteiger partial charge in [-0.25, -0.2) is 4.68 Å². The molecule has 100 valence electrons. The highest BCUT2D eigenvalue weighted by molar-refractivity contribution is 14.1. The van der Waals surface area contributed by atoms with Gasteiger partial charge in [0.25, 0.3) is 0 Å². The van der Waals surface area contributed by atoms with Crippen molar-refractivity contribution in [2.75, 3.05) is 7.11 Å².